The average Bonchev–Trinajstić information content (AvgIpc) is 2.47. The van der Waals surface area contributed by atoms with Crippen LogP contribution in [-0.2, 0) is 0 Å². The molecule has 1 unspecified atom stereocenters. The Balaban J connectivity index is 1.72. The molecule has 0 aromatic rings. The van der Waals surface area contributed by atoms with E-state index in [1.807, 2.05) is 0 Å². The minimum atomic E-state index is 0.399. The third-order valence-corrected chi connectivity index (χ3v) is 5.21. The lowest BCUT2D eigenvalue weighted by atomic mass is 9.84. The summed E-state index contributed by atoms with van der Waals surface area (Å²) in [6.07, 6.45) is 8.26. The molecule has 0 aliphatic carbocycles. The number of rotatable bonds is 5. The largest absolute Gasteiger partial charge is 0.330 e. The van der Waals surface area contributed by atoms with Gasteiger partial charge in [-0.05, 0) is 76.2 Å². The van der Waals surface area contributed by atoms with Gasteiger partial charge in [-0.15, -0.1) is 0 Å². The zero-order valence-corrected chi connectivity index (χ0v) is 14.6. The van der Waals surface area contributed by atoms with Crippen LogP contribution in [0.2, 0.25) is 0 Å². The van der Waals surface area contributed by atoms with Crippen molar-refractivity contribution in [3.05, 3.63) is 0 Å². The van der Waals surface area contributed by atoms with Gasteiger partial charge < -0.3 is 15.5 Å². The zero-order chi connectivity index (χ0) is 15.3. The van der Waals surface area contributed by atoms with Crippen molar-refractivity contribution in [3.8, 4) is 0 Å². The molecule has 2 aliphatic rings. The standard InChI is InChI=1S/C18H37N3/c1-18(2,3)13-16(14-19)15-20-11-7-17(8-12-20)21-9-5-4-6-10-21/h16-17H,4-15,19H2,1-3H3. The van der Waals surface area contributed by atoms with Gasteiger partial charge in [-0.3, -0.25) is 0 Å². The summed E-state index contributed by atoms with van der Waals surface area (Å²) in [5.74, 6) is 0.663. The van der Waals surface area contributed by atoms with Crippen molar-refractivity contribution in [2.75, 3.05) is 39.3 Å². The monoisotopic (exact) mass is 295 g/mol. The fraction of sp³-hybridized carbons (Fsp3) is 1.00. The van der Waals surface area contributed by atoms with E-state index in [4.69, 9.17) is 5.73 Å². The molecular weight excluding hydrogens is 258 g/mol. The number of nitrogens with two attached hydrogens (primary N) is 1. The first-order valence-corrected chi connectivity index (χ1v) is 9.14. The second kappa shape index (κ2) is 7.94. The molecule has 3 heteroatoms. The van der Waals surface area contributed by atoms with Crippen LogP contribution in [0, 0.1) is 11.3 Å². The molecule has 1 atom stereocenters. The van der Waals surface area contributed by atoms with Crippen molar-refractivity contribution in [1.82, 2.24) is 9.80 Å². The number of nitrogens with zero attached hydrogens (tertiary/aromatic N) is 2. The second-order valence-corrected chi connectivity index (χ2v) is 8.49. The van der Waals surface area contributed by atoms with Gasteiger partial charge in [0.15, 0.2) is 0 Å². The van der Waals surface area contributed by atoms with Gasteiger partial charge >= 0.3 is 0 Å². The van der Waals surface area contributed by atoms with E-state index in [1.54, 1.807) is 0 Å². The quantitative estimate of drug-likeness (QED) is 0.846. The Hall–Kier alpha value is -0.120. The predicted octanol–water partition coefficient (Wildman–Crippen LogP) is 2.95. The van der Waals surface area contributed by atoms with E-state index in [2.05, 4.69) is 30.6 Å². The Morgan fingerprint density at radius 2 is 1.62 bits per heavy atom. The van der Waals surface area contributed by atoms with Crippen LogP contribution in [0.25, 0.3) is 0 Å². The van der Waals surface area contributed by atoms with Gasteiger partial charge in [-0.1, -0.05) is 27.2 Å². The molecule has 2 rings (SSSR count). The average molecular weight is 296 g/mol. The summed E-state index contributed by atoms with van der Waals surface area (Å²) in [4.78, 5) is 5.43. The van der Waals surface area contributed by atoms with Gasteiger partial charge in [0, 0.05) is 12.6 Å². The molecule has 2 saturated heterocycles. The van der Waals surface area contributed by atoms with E-state index in [9.17, 15) is 0 Å². The van der Waals surface area contributed by atoms with Crippen molar-refractivity contribution in [2.45, 2.75) is 65.3 Å². The highest BCUT2D eigenvalue weighted by Crippen LogP contribution is 2.26. The van der Waals surface area contributed by atoms with E-state index in [0.717, 1.165) is 12.6 Å². The molecule has 21 heavy (non-hydrogen) atoms. The van der Waals surface area contributed by atoms with Gasteiger partial charge in [-0.25, -0.2) is 0 Å². The molecule has 3 nitrogen and oxygen atoms in total. The molecule has 0 amide bonds. The van der Waals surface area contributed by atoms with Crippen LogP contribution in [0.1, 0.15) is 59.3 Å². The lowest BCUT2D eigenvalue weighted by Crippen LogP contribution is -2.48. The maximum absolute atomic E-state index is 6.01. The zero-order valence-electron chi connectivity index (χ0n) is 14.6. The van der Waals surface area contributed by atoms with Gasteiger partial charge in [-0.2, -0.15) is 0 Å². The number of hydrogen-bond acceptors (Lipinski definition) is 3. The molecule has 2 heterocycles. The molecule has 124 valence electrons. The smallest absolute Gasteiger partial charge is 0.0120 e. The SMILES string of the molecule is CC(C)(C)CC(CN)CN1CCC(N2CCCCC2)CC1. The highest BCUT2D eigenvalue weighted by molar-refractivity contribution is 4.83. The highest BCUT2D eigenvalue weighted by Gasteiger charge is 2.27. The van der Waals surface area contributed by atoms with Crippen molar-refractivity contribution in [2.24, 2.45) is 17.1 Å². The lowest BCUT2D eigenvalue weighted by Gasteiger charge is -2.41. The summed E-state index contributed by atoms with van der Waals surface area (Å²) in [7, 11) is 0. The van der Waals surface area contributed by atoms with Gasteiger partial charge in [0.25, 0.3) is 0 Å². The number of likely N-dealkylation sites (tertiary alicyclic amines) is 2. The first kappa shape index (κ1) is 17.2. The number of hydrogen-bond donors (Lipinski definition) is 1. The summed E-state index contributed by atoms with van der Waals surface area (Å²) < 4.78 is 0. The van der Waals surface area contributed by atoms with E-state index in [-0.39, 0.29) is 0 Å². The van der Waals surface area contributed by atoms with Crippen molar-refractivity contribution in [3.63, 3.8) is 0 Å². The van der Waals surface area contributed by atoms with Crippen molar-refractivity contribution >= 4 is 0 Å². The fourth-order valence-electron chi connectivity index (χ4n) is 4.20. The first-order valence-electron chi connectivity index (χ1n) is 9.14. The van der Waals surface area contributed by atoms with Gasteiger partial charge in [0.2, 0.25) is 0 Å². The predicted molar refractivity (Wildman–Crippen MR) is 91.5 cm³/mol. The normalized spacial score (nSPS) is 25.1. The molecule has 2 fully saturated rings. The Morgan fingerprint density at radius 3 is 2.14 bits per heavy atom. The van der Waals surface area contributed by atoms with Gasteiger partial charge in [0.05, 0.1) is 0 Å². The van der Waals surface area contributed by atoms with Crippen LogP contribution >= 0.6 is 0 Å². The molecule has 0 spiro atoms. The maximum Gasteiger partial charge on any atom is 0.0120 e. The fourth-order valence-corrected chi connectivity index (χ4v) is 4.20. The summed E-state index contributed by atoms with van der Waals surface area (Å²) in [5, 5.41) is 0. The second-order valence-electron chi connectivity index (χ2n) is 8.49. The van der Waals surface area contributed by atoms with Crippen molar-refractivity contribution in [1.29, 1.82) is 0 Å². The molecule has 0 aromatic heterocycles. The van der Waals surface area contributed by atoms with E-state index >= 15 is 0 Å². The van der Waals surface area contributed by atoms with Crippen molar-refractivity contribution < 1.29 is 0 Å². The van der Waals surface area contributed by atoms with Crippen LogP contribution in [0.5, 0.6) is 0 Å². The Labute approximate surface area is 132 Å². The molecule has 2 N–H and O–H groups in total. The lowest BCUT2D eigenvalue weighted by molar-refractivity contribution is 0.0817. The third-order valence-electron chi connectivity index (χ3n) is 5.21. The van der Waals surface area contributed by atoms with Gasteiger partial charge in [0.1, 0.15) is 0 Å². The minimum Gasteiger partial charge on any atom is -0.330 e. The molecule has 2 aliphatic heterocycles. The minimum absolute atomic E-state index is 0.399. The molecule has 0 bridgehead atoms. The maximum atomic E-state index is 6.01. The Bertz CT molecular complexity index is 283. The van der Waals surface area contributed by atoms with Crippen LogP contribution in [0.4, 0.5) is 0 Å². The van der Waals surface area contributed by atoms with Crippen LogP contribution in [0.3, 0.4) is 0 Å². The van der Waals surface area contributed by atoms with E-state index < -0.39 is 0 Å². The molecule has 0 saturated carbocycles. The first-order chi connectivity index (χ1) is 9.98. The Kier molecular flexibility index (Phi) is 6.51. The molecule has 0 radical (unpaired) electrons. The third kappa shape index (κ3) is 5.88. The summed E-state index contributed by atoms with van der Waals surface area (Å²) in [6, 6.07) is 0.862. The summed E-state index contributed by atoms with van der Waals surface area (Å²) in [6.45, 7) is 14.3. The molecule has 0 aromatic carbocycles. The summed E-state index contributed by atoms with van der Waals surface area (Å²) in [5.41, 5.74) is 6.41. The van der Waals surface area contributed by atoms with E-state index in [1.165, 1.54) is 71.2 Å². The van der Waals surface area contributed by atoms with Crippen LogP contribution in [0.15, 0.2) is 0 Å². The highest BCUT2D eigenvalue weighted by atomic mass is 15.2. The summed E-state index contributed by atoms with van der Waals surface area (Å²) >= 11 is 0. The van der Waals surface area contributed by atoms with E-state index in [0.29, 0.717) is 11.3 Å². The molecular formula is C18H37N3. The Morgan fingerprint density at radius 1 is 1.00 bits per heavy atom. The number of piperidine rings is 2. The van der Waals surface area contributed by atoms with Crippen LogP contribution in [-0.4, -0.2) is 55.1 Å². The van der Waals surface area contributed by atoms with Crippen LogP contribution < -0.4 is 5.73 Å². The topological polar surface area (TPSA) is 32.5 Å².